The van der Waals surface area contributed by atoms with Crippen molar-refractivity contribution in [2.24, 2.45) is 0 Å². The Hall–Kier alpha value is -7.18. The number of imidazole rings is 2. The third-order valence-corrected chi connectivity index (χ3v) is 15.0. The molecule has 0 saturated carbocycles. The third-order valence-electron chi connectivity index (χ3n) is 14.4. The van der Waals surface area contributed by atoms with E-state index in [-0.39, 0.29) is 74.0 Å². The number of benzene rings is 3. The molecule has 4 atom stereocenters. The molecule has 0 unspecified atom stereocenters. The molecule has 5 N–H and O–H groups in total. The zero-order valence-electron chi connectivity index (χ0n) is 45.5. The smallest absolute Gasteiger partial charge is 0.329 e. The fourth-order valence-corrected chi connectivity index (χ4v) is 10.8. The highest BCUT2D eigenvalue weighted by Crippen LogP contribution is 2.25. The average molecular weight is 1110 g/mol. The number of aliphatic carboxylic acids is 1. The number of carboxylic acid groups (broad SMARTS) is 1. The predicted molar refractivity (Wildman–Crippen MR) is 297 cm³/mol. The minimum Gasteiger partial charge on any atom is -0.497 e. The lowest BCUT2D eigenvalue weighted by molar-refractivity contribution is -0.160. The molecule has 0 radical (unpaired) electrons. The fraction of sp³-hybridized carbons (Fsp3) is 0.482. The summed E-state index contributed by atoms with van der Waals surface area (Å²) in [6, 6.07) is 19.9. The minimum absolute atomic E-state index is 0.00680. The predicted octanol–water partition coefficient (Wildman–Crippen LogP) is 3.46. The number of amides is 4. The van der Waals surface area contributed by atoms with Crippen molar-refractivity contribution in [2.45, 2.75) is 95.5 Å². The van der Waals surface area contributed by atoms with E-state index in [9.17, 15) is 38.7 Å². The van der Waals surface area contributed by atoms with E-state index in [2.05, 4.69) is 55.1 Å². The molecule has 23 heteroatoms. The summed E-state index contributed by atoms with van der Waals surface area (Å²) in [4.78, 5) is 111. The van der Waals surface area contributed by atoms with Crippen molar-refractivity contribution in [2.75, 3.05) is 78.6 Å². The molecule has 0 aliphatic carbocycles. The Kier molecular flexibility index (Phi) is 22.4. The lowest BCUT2D eigenvalue weighted by atomic mass is 10.0. The molecule has 22 nitrogen and oxygen atoms in total. The molecule has 4 amide bonds. The first-order chi connectivity index (χ1) is 38.2. The highest BCUT2D eigenvalue weighted by molar-refractivity contribution is 7.98. The molecular weight excluding hydrogens is 1030 g/mol. The second-order valence-corrected chi connectivity index (χ2v) is 21.1. The summed E-state index contributed by atoms with van der Waals surface area (Å²) < 4.78 is 10.3. The minimum atomic E-state index is -1.04. The van der Waals surface area contributed by atoms with Gasteiger partial charge in [0.1, 0.15) is 23.6 Å². The molecule has 3 saturated heterocycles. The molecule has 0 spiro atoms. The SMILES string of the molecule is COC(=O)[C@H](C)N(NN1CCC(=O)C1)C(=O)CN(Cc1cccc2ccccc12)C[C@@H]1CCCN1C(=O)Cc1c[nH]cn1.COc1cccc(CN(CC(=O)N[C@@H](CCSC)C(=O)O)C[C@@H]2CCCN2C(=O)Cc2c[nH]cn2)c1. The number of aromatic amines is 2. The Morgan fingerprint density at radius 1 is 0.823 bits per heavy atom. The molecule has 8 rings (SSSR count). The molecule has 3 aliphatic rings. The van der Waals surface area contributed by atoms with Crippen LogP contribution in [0.1, 0.15) is 68.0 Å². The topological polar surface area (TPSA) is 259 Å². The normalized spacial score (nSPS) is 17.2. The van der Waals surface area contributed by atoms with Crippen molar-refractivity contribution < 1.29 is 48.1 Å². The van der Waals surface area contributed by atoms with Crippen LogP contribution < -0.4 is 15.6 Å². The summed E-state index contributed by atoms with van der Waals surface area (Å²) >= 11 is 1.54. The highest BCUT2D eigenvalue weighted by atomic mass is 32.2. The molecule has 424 valence electrons. The summed E-state index contributed by atoms with van der Waals surface area (Å²) in [5, 5.41) is 17.3. The van der Waals surface area contributed by atoms with E-state index in [0.717, 1.165) is 53.3 Å². The van der Waals surface area contributed by atoms with E-state index >= 15 is 0 Å². The number of H-pyrrole nitrogens is 2. The van der Waals surface area contributed by atoms with Crippen molar-refractivity contribution in [1.29, 1.82) is 0 Å². The van der Waals surface area contributed by atoms with Crippen molar-refractivity contribution >= 4 is 63.9 Å². The molecule has 2 aromatic heterocycles. The second-order valence-electron chi connectivity index (χ2n) is 20.1. The van der Waals surface area contributed by atoms with Gasteiger partial charge in [-0.2, -0.15) is 17.3 Å². The highest BCUT2D eigenvalue weighted by Gasteiger charge is 2.36. The molecular formula is C56H74N12O10S. The molecule has 5 heterocycles. The van der Waals surface area contributed by atoms with Crippen LogP contribution in [0.15, 0.2) is 91.8 Å². The first-order valence-corrected chi connectivity index (χ1v) is 28.1. The van der Waals surface area contributed by atoms with Gasteiger partial charge in [0.05, 0.1) is 70.7 Å². The largest absolute Gasteiger partial charge is 0.497 e. The Bertz CT molecular complexity index is 2810. The number of ether oxygens (including phenoxy) is 2. The van der Waals surface area contributed by atoms with Gasteiger partial charge in [0.15, 0.2) is 0 Å². The Morgan fingerprint density at radius 3 is 2.04 bits per heavy atom. The van der Waals surface area contributed by atoms with E-state index in [1.54, 1.807) is 44.1 Å². The van der Waals surface area contributed by atoms with E-state index < -0.39 is 24.0 Å². The van der Waals surface area contributed by atoms with E-state index in [1.807, 2.05) is 68.3 Å². The number of thioether (sulfide) groups is 1. The average Bonchev–Trinajstić information content (AvgIpc) is 4.36. The van der Waals surface area contributed by atoms with Crippen LogP contribution in [0, 0.1) is 0 Å². The van der Waals surface area contributed by atoms with E-state index in [4.69, 9.17) is 9.47 Å². The molecule has 5 aromatic rings. The number of Topliss-reactive ketones (excluding diaryl/α,β-unsaturated/α-hetero) is 1. The Labute approximate surface area is 464 Å². The van der Waals surface area contributed by atoms with Crippen molar-refractivity contribution in [3.05, 3.63) is 114 Å². The van der Waals surface area contributed by atoms with Gasteiger partial charge >= 0.3 is 11.9 Å². The second kappa shape index (κ2) is 29.7. The van der Waals surface area contributed by atoms with Crippen LogP contribution >= 0.6 is 11.8 Å². The number of nitrogens with one attached hydrogen (secondary N) is 4. The van der Waals surface area contributed by atoms with Gasteiger partial charge in [-0.05, 0) is 85.1 Å². The van der Waals surface area contributed by atoms with Crippen molar-refractivity contribution in [3.8, 4) is 5.75 Å². The number of hydrogen-bond donors (Lipinski definition) is 5. The first kappa shape index (κ1) is 59.5. The number of carboxylic acids is 1. The van der Waals surface area contributed by atoms with Crippen LogP contribution in [0.2, 0.25) is 0 Å². The number of methoxy groups -OCH3 is 2. The van der Waals surface area contributed by atoms with E-state index in [0.29, 0.717) is 75.8 Å². The fourth-order valence-electron chi connectivity index (χ4n) is 10.4. The number of hydrogen-bond acceptors (Lipinski definition) is 16. The van der Waals surface area contributed by atoms with Gasteiger partial charge in [0, 0.05) is 76.7 Å². The molecule has 3 aliphatic heterocycles. The number of rotatable bonds is 26. The quantitative estimate of drug-likeness (QED) is 0.0392. The van der Waals surface area contributed by atoms with E-state index in [1.165, 1.54) is 23.9 Å². The number of nitrogens with zero attached hydrogens (tertiary/aromatic N) is 8. The third kappa shape index (κ3) is 17.4. The van der Waals surface area contributed by atoms with Gasteiger partial charge in [0.25, 0.3) is 5.91 Å². The number of ketones is 1. The standard InChI is InChI=1S/C31H39N7O5.C25H35N5O5S/c1-22(31(42)43-2)38(34-36-14-12-27(39)19-36)30(41)20-35(17-24-9-5-8-23-7-3-4-11-28(23)24)18-26-10-6-13-37(26)29(40)15-25-16-32-21-33-25;1-35-21-7-3-5-18(11-21)14-29(16-23(31)28-22(25(33)34)8-10-36-2)15-20-6-4-9-30(20)24(32)12-19-13-26-17-27-19/h3-5,7-9,11,16,21-22,26,34H,6,10,12-15,17-20H2,1-2H3,(H,32,33);3,5,7,11,13,17,20,22H,4,6,8-10,12,14-16H2,1-2H3,(H,26,27)(H,28,31)(H,33,34)/t22-,26-;20-,22-/m00/s1. The summed E-state index contributed by atoms with van der Waals surface area (Å²) in [5.74, 6) is -0.865. The Morgan fingerprint density at radius 2 is 1.46 bits per heavy atom. The Balaban J connectivity index is 0.000000233. The molecule has 3 fully saturated rings. The van der Waals surface area contributed by atoms with Crippen molar-refractivity contribution in [3.63, 3.8) is 0 Å². The van der Waals surface area contributed by atoms with Crippen LogP contribution in [0.25, 0.3) is 10.8 Å². The zero-order chi connectivity index (χ0) is 56.3. The summed E-state index contributed by atoms with van der Waals surface area (Å²) in [5.41, 5.74) is 6.41. The van der Waals surface area contributed by atoms with Crippen LogP contribution in [-0.2, 0) is 64.2 Å². The number of aromatic nitrogens is 4. The summed E-state index contributed by atoms with van der Waals surface area (Å²) in [7, 11) is 2.88. The number of esters is 1. The maximum atomic E-state index is 13.9. The zero-order valence-corrected chi connectivity index (χ0v) is 46.3. The molecule has 3 aromatic carbocycles. The van der Waals surface area contributed by atoms with Gasteiger partial charge in [-0.15, -0.1) is 0 Å². The first-order valence-electron chi connectivity index (χ1n) is 26.7. The monoisotopic (exact) mass is 1110 g/mol. The van der Waals surface area contributed by atoms with Crippen LogP contribution in [0.5, 0.6) is 5.75 Å². The van der Waals surface area contributed by atoms with Gasteiger partial charge in [0.2, 0.25) is 17.7 Å². The number of hydrazine groups is 2. The van der Waals surface area contributed by atoms with Gasteiger partial charge in [-0.3, -0.25) is 33.8 Å². The number of likely N-dealkylation sites (tertiary alicyclic amines) is 2. The maximum absolute atomic E-state index is 13.9. The van der Waals surface area contributed by atoms with Crippen molar-refractivity contribution in [1.82, 2.24) is 60.4 Å². The molecule has 0 bridgehead atoms. The lowest BCUT2D eigenvalue weighted by Crippen LogP contribution is -2.59. The van der Waals surface area contributed by atoms with Gasteiger partial charge in [-0.25, -0.2) is 29.6 Å². The number of carbonyl (C=O) groups is 7. The van der Waals surface area contributed by atoms with Crippen LogP contribution in [0.4, 0.5) is 0 Å². The van der Waals surface area contributed by atoms with Gasteiger partial charge < -0.3 is 39.7 Å². The number of carbonyl (C=O) groups excluding carboxylic acids is 6. The summed E-state index contributed by atoms with van der Waals surface area (Å²) in [6.07, 6.45) is 13.1. The molecule has 79 heavy (non-hydrogen) atoms. The maximum Gasteiger partial charge on any atom is 0.329 e. The van der Waals surface area contributed by atoms with Crippen LogP contribution in [0.3, 0.4) is 0 Å². The lowest BCUT2D eigenvalue weighted by Gasteiger charge is -2.35. The van der Waals surface area contributed by atoms with Gasteiger partial charge in [-0.1, -0.05) is 54.6 Å². The summed E-state index contributed by atoms with van der Waals surface area (Å²) in [6.45, 7) is 5.41. The number of fused-ring (bicyclic) bond motifs is 1. The van der Waals surface area contributed by atoms with Crippen LogP contribution in [-0.4, -0.2) is 199 Å².